The Kier molecular flexibility index (Phi) is 5.51. The van der Waals surface area contributed by atoms with Gasteiger partial charge in [-0.15, -0.1) is 0 Å². The number of carbonyl (C=O) groups is 2. The first kappa shape index (κ1) is 17.0. The van der Waals surface area contributed by atoms with E-state index < -0.39 is 0 Å². The van der Waals surface area contributed by atoms with Gasteiger partial charge in [-0.1, -0.05) is 12.1 Å². The molecule has 5 heteroatoms. The predicted molar refractivity (Wildman–Crippen MR) is 92.6 cm³/mol. The summed E-state index contributed by atoms with van der Waals surface area (Å²) in [5.41, 5.74) is 1.77. The van der Waals surface area contributed by atoms with Crippen molar-refractivity contribution < 1.29 is 14.7 Å². The molecular formula is C19H26N2O3. The van der Waals surface area contributed by atoms with E-state index in [2.05, 4.69) is 5.32 Å². The van der Waals surface area contributed by atoms with Crippen molar-refractivity contribution in [2.75, 3.05) is 18.5 Å². The van der Waals surface area contributed by atoms with Gasteiger partial charge in [0.2, 0.25) is 11.8 Å². The van der Waals surface area contributed by atoms with E-state index in [0.717, 1.165) is 56.3 Å². The lowest BCUT2D eigenvalue weighted by Crippen LogP contribution is -2.36. The van der Waals surface area contributed by atoms with Gasteiger partial charge in [0, 0.05) is 30.8 Å². The number of aliphatic hydroxyl groups excluding tert-OH is 1. The number of carbonyl (C=O) groups excluding carboxylic acids is 2. The van der Waals surface area contributed by atoms with Crippen LogP contribution in [-0.2, 0) is 16.0 Å². The maximum absolute atomic E-state index is 12.5. The molecule has 1 heterocycles. The molecule has 2 aliphatic rings. The molecule has 0 radical (unpaired) electrons. The van der Waals surface area contributed by atoms with E-state index in [-0.39, 0.29) is 30.4 Å². The standard InChI is InChI=1S/C19H26N2O3/c22-12-2-4-17-3-1-11-21(17)18(23)13-14-5-9-16(10-6-14)20-19(24)15-7-8-15/h5-6,9-10,15,17,22H,1-4,7-8,11-13H2,(H,20,24). The van der Waals surface area contributed by atoms with Crippen LogP contribution in [0.15, 0.2) is 24.3 Å². The molecule has 1 aliphatic carbocycles. The van der Waals surface area contributed by atoms with Crippen LogP contribution in [0.1, 0.15) is 44.1 Å². The molecule has 1 saturated heterocycles. The van der Waals surface area contributed by atoms with E-state index in [1.54, 1.807) is 0 Å². The fourth-order valence-corrected chi connectivity index (χ4v) is 3.36. The topological polar surface area (TPSA) is 69.6 Å². The zero-order valence-corrected chi connectivity index (χ0v) is 14.0. The molecular weight excluding hydrogens is 304 g/mol. The molecule has 24 heavy (non-hydrogen) atoms. The summed E-state index contributed by atoms with van der Waals surface area (Å²) >= 11 is 0. The number of hydrogen-bond donors (Lipinski definition) is 2. The molecule has 1 aromatic carbocycles. The normalized spacial score (nSPS) is 20.2. The molecule has 1 unspecified atom stereocenters. The van der Waals surface area contributed by atoms with Gasteiger partial charge in [0.05, 0.1) is 6.42 Å². The number of amides is 2. The highest BCUT2D eigenvalue weighted by atomic mass is 16.3. The molecule has 2 N–H and O–H groups in total. The summed E-state index contributed by atoms with van der Waals surface area (Å²) in [6.45, 7) is 1.01. The molecule has 0 bridgehead atoms. The van der Waals surface area contributed by atoms with Crippen molar-refractivity contribution in [1.82, 2.24) is 4.90 Å². The Morgan fingerprint density at radius 3 is 2.58 bits per heavy atom. The van der Waals surface area contributed by atoms with Crippen molar-refractivity contribution in [3.63, 3.8) is 0 Å². The molecule has 0 aromatic heterocycles. The molecule has 2 amide bonds. The third-order valence-corrected chi connectivity index (χ3v) is 4.92. The Labute approximate surface area is 143 Å². The van der Waals surface area contributed by atoms with Gasteiger partial charge in [-0.3, -0.25) is 9.59 Å². The number of nitrogens with one attached hydrogen (secondary N) is 1. The summed E-state index contributed by atoms with van der Waals surface area (Å²) in [7, 11) is 0. The Morgan fingerprint density at radius 1 is 1.17 bits per heavy atom. The SMILES string of the molecule is O=C(Nc1ccc(CC(=O)N2CCCC2CCCO)cc1)C1CC1. The van der Waals surface area contributed by atoms with Crippen molar-refractivity contribution in [3.8, 4) is 0 Å². The van der Waals surface area contributed by atoms with Crippen LogP contribution in [-0.4, -0.2) is 41.0 Å². The van der Waals surface area contributed by atoms with Crippen molar-refractivity contribution in [3.05, 3.63) is 29.8 Å². The number of likely N-dealkylation sites (tertiary alicyclic amines) is 1. The lowest BCUT2D eigenvalue weighted by Gasteiger charge is -2.24. The zero-order chi connectivity index (χ0) is 16.9. The van der Waals surface area contributed by atoms with Crippen molar-refractivity contribution in [2.45, 2.75) is 51.0 Å². The molecule has 1 saturated carbocycles. The highest BCUT2D eigenvalue weighted by Gasteiger charge is 2.30. The fourth-order valence-electron chi connectivity index (χ4n) is 3.36. The molecule has 0 spiro atoms. The smallest absolute Gasteiger partial charge is 0.227 e. The zero-order valence-electron chi connectivity index (χ0n) is 14.0. The van der Waals surface area contributed by atoms with Crippen LogP contribution in [0.4, 0.5) is 5.69 Å². The number of hydrogen-bond acceptors (Lipinski definition) is 3. The number of anilines is 1. The van der Waals surface area contributed by atoms with E-state index in [9.17, 15) is 9.59 Å². The molecule has 2 fully saturated rings. The van der Waals surface area contributed by atoms with Crippen molar-refractivity contribution in [1.29, 1.82) is 0 Å². The van der Waals surface area contributed by atoms with E-state index >= 15 is 0 Å². The Balaban J connectivity index is 1.53. The quantitative estimate of drug-likeness (QED) is 0.806. The first-order valence-corrected chi connectivity index (χ1v) is 8.97. The lowest BCUT2D eigenvalue weighted by atomic mass is 10.1. The van der Waals surface area contributed by atoms with E-state index in [4.69, 9.17) is 5.11 Å². The number of nitrogens with zero attached hydrogens (tertiary/aromatic N) is 1. The average molecular weight is 330 g/mol. The van der Waals surface area contributed by atoms with Gasteiger partial charge < -0.3 is 15.3 Å². The van der Waals surface area contributed by atoms with Crippen molar-refractivity contribution >= 4 is 17.5 Å². The Morgan fingerprint density at radius 2 is 1.92 bits per heavy atom. The molecule has 130 valence electrons. The summed E-state index contributed by atoms with van der Waals surface area (Å²) in [5.74, 6) is 0.449. The summed E-state index contributed by atoms with van der Waals surface area (Å²) < 4.78 is 0. The highest BCUT2D eigenvalue weighted by Crippen LogP contribution is 2.30. The second-order valence-corrected chi connectivity index (χ2v) is 6.89. The minimum atomic E-state index is 0.0996. The van der Waals surface area contributed by atoms with E-state index in [0.29, 0.717) is 6.42 Å². The monoisotopic (exact) mass is 330 g/mol. The predicted octanol–water partition coefficient (Wildman–Crippen LogP) is 2.34. The number of aliphatic hydroxyl groups is 1. The second-order valence-electron chi connectivity index (χ2n) is 6.89. The van der Waals surface area contributed by atoms with Gasteiger partial charge >= 0.3 is 0 Å². The van der Waals surface area contributed by atoms with Crippen LogP contribution in [0, 0.1) is 5.92 Å². The summed E-state index contributed by atoms with van der Waals surface area (Å²) in [4.78, 5) is 26.3. The molecule has 1 aliphatic heterocycles. The highest BCUT2D eigenvalue weighted by molar-refractivity contribution is 5.94. The van der Waals surface area contributed by atoms with Crippen LogP contribution in [0.2, 0.25) is 0 Å². The summed E-state index contributed by atoms with van der Waals surface area (Å²) in [5, 5.41) is 11.9. The van der Waals surface area contributed by atoms with Gasteiger partial charge in [0.15, 0.2) is 0 Å². The maximum atomic E-state index is 12.5. The molecule has 1 atom stereocenters. The fraction of sp³-hybridized carbons (Fsp3) is 0.579. The van der Waals surface area contributed by atoms with Crippen LogP contribution < -0.4 is 5.32 Å². The molecule has 3 rings (SSSR count). The first-order valence-electron chi connectivity index (χ1n) is 8.97. The van der Waals surface area contributed by atoms with Gasteiger partial charge in [0.1, 0.15) is 0 Å². The third-order valence-electron chi connectivity index (χ3n) is 4.92. The number of benzene rings is 1. The van der Waals surface area contributed by atoms with Gasteiger partial charge in [-0.05, 0) is 56.2 Å². The Hall–Kier alpha value is -1.88. The van der Waals surface area contributed by atoms with Crippen LogP contribution in [0.3, 0.4) is 0 Å². The van der Waals surface area contributed by atoms with Crippen LogP contribution >= 0.6 is 0 Å². The van der Waals surface area contributed by atoms with Gasteiger partial charge in [-0.25, -0.2) is 0 Å². The van der Waals surface area contributed by atoms with Gasteiger partial charge in [0.25, 0.3) is 0 Å². The molecule has 5 nitrogen and oxygen atoms in total. The first-order chi connectivity index (χ1) is 11.7. The minimum absolute atomic E-state index is 0.0996. The summed E-state index contributed by atoms with van der Waals surface area (Å²) in [6, 6.07) is 7.85. The second kappa shape index (κ2) is 7.79. The largest absolute Gasteiger partial charge is 0.396 e. The lowest BCUT2D eigenvalue weighted by molar-refractivity contribution is -0.131. The number of rotatable bonds is 7. The molecule has 1 aromatic rings. The van der Waals surface area contributed by atoms with Crippen LogP contribution in [0.5, 0.6) is 0 Å². The summed E-state index contributed by atoms with van der Waals surface area (Å²) in [6.07, 6.45) is 6.11. The average Bonchev–Trinajstić information content (AvgIpc) is 3.33. The maximum Gasteiger partial charge on any atom is 0.227 e. The third kappa shape index (κ3) is 4.35. The van der Waals surface area contributed by atoms with E-state index in [1.165, 1.54) is 0 Å². The minimum Gasteiger partial charge on any atom is -0.396 e. The van der Waals surface area contributed by atoms with Gasteiger partial charge in [-0.2, -0.15) is 0 Å². The van der Waals surface area contributed by atoms with E-state index in [1.807, 2.05) is 29.2 Å². The van der Waals surface area contributed by atoms with Crippen molar-refractivity contribution in [2.24, 2.45) is 5.92 Å². The Bertz CT molecular complexity index is 581. The van der Waals surface area contributed by atoms with Crippen LogP contribution in [0.25, 0.3) is 0 Å².